The summed E-state index contributed by atoms with van der Waals surface area (Å²) in [6, 6.07) is 7.66. The first-order valence-corrected chi connectivity index (χ1v) is 9.04. The number of hydrogen-bond donors (Lipinski definition) is 1. The summed E-state index contributed by atoms with van der Waals surface area (Å²) in [5.41, 5.74) is 1.25. The van der Waals surface area contributed by atoms with E-state index in [2.05, 4.69) is 20.5 Å². The van der Waals surface area contributed by atoms with E-state index in [9.17, 15) is 4.79 Å². The van der Waals surface area contributed by atoms with Gasteiger partial charge in [0.1, 0.15) is 5.82 Å². The van der Waals surface area contributed by atoms with Crippen molar-refractivity contribution in [3.8, 4) is 0 Å². The highest BCUT2D eigenvalue weighted by Crippen LogP contribution is 2.36. The molecule has 4 heterocycles. The summed E-state index contributed by atoms with van der Waals surface area (Å²) in [6.45, 7) is 3.92. The lowest BCUT2D eigenvalue weighted by Gasteiger charge is -2.39. The molecule has 2 aromatic heterocycles. The number of amides is 1. The Kier molecular flexibility index (Phi) is 4.55. The SMILES string of the molecule is Cc1ccc(NC2COC3(CCCN(C(=O)c4cccnc4)C3)C2)nn1. The number of aryl methyl sites for hydroxylation is 1. The molecule has 26 heavy (non-hydrogen) atoms. The molecule has 2 aliphatic heterocycles. The molecule has 7 heteroatoms. The quantitative estimate of drug-likeness (QED) is 0.910. The van der Waals surface area contributed by atoms with E-state index in [-0.39, 0.29) is 17.6 Å². The number of carbonyl (C=O) groups excluding carboxylic acids is 1. The van der Waals surface area contributed by atoms with Crippen molar-refractivity contribution in [2.24, 2.45) is 0 Å². The minimum Gasteiger partial charge on any atom is -0.371 e. The van der Waals surface area contributed by atoms with Gasteiger partial charge in [0.05, 0.1) is 36.1 Å². The molecule has 0 aliphatic carbocycles. The minimum atomic E-state index is -0.272. The highest BCUT2D eigenvalue weighted by molar-refractivity contribution is 5.94. The molecule has 1 spiro atoms. The fourth-order valence-electron chi connectivity index (χ4n) is 3.85. The van der Waals surface area contributed by atoms with Crippen molar-refractivity contribution in [2.75, 3.05) is 25.0 Å². The zero-order valence-electron chi connectivity index (χ0n) is 14.9. The van der Waals surface area contributed by atoms with Crippen molar-refractivity contribution in [2.45, 2.75) is 37.8 Å². The van der Waals surface area contributed by atoms with Gasteiger partial charge in [-0.1, -0.05) is 0 Å². The predicted molar refractivity (Wildman–Crippen MR) is 96.9 cm³/mol. The van der Waals surface area contributed by atoms with Crippen molar-refractivity contribution in [1.29, 1.82) is 0 Å². The Morgan fingerprint density at radius 2 is 2.27 bits per heavy atom. The van der Waals surface area contributed by atoms with Gasteiger partial charge in [-0.25, -0.2) is 0 Å². The number of aromatic nitrogens is 3. The van der Waals surface area contributed by atoms with E-state index in [1.165, 1.54) is 0 Å². The van der Waals surface area contributed by atoms with Crippen molar-refractivity contribution in [1.82, 2.24) is 20.1 Å². The Balaban J connectivity index is 1.41. The van der Waals surface area contributed by atoms with Crippen LogP contribution in [0.4, 0.5) is 5.82 Å². The van der Waals surface area contributed by atoms with E-state index in [4.69, 9.17) is 4.74 Å². The van der Waals surface area contributed by atoms with E-state index in [1.807, 2.05) is 30.0 Å². The normalized spacial score (nSPS) is 25.4. The van der Waals surface area contributed by atoms with Gasteiger partial charge >= 0.3 is 0 Å². The number of carbonyl (C=O) groups is 1. The van der Waals surface area contributed by atoms with Gasteiger partial charge in [0, 0.05) is 25.4 Å². The standard InChI is InChI=1S/C19H23N5O2/c1-14-5-6-17(23-22-14)21-16-10-19(26-12-16)7-3-9-24(13-19)18(25)15-4-2-8-20-11-15/h2,4-6,8,11,16H,3,7,9-10,12-13H2,1H3,(H,21,23). The molecule has 4 rings (SSSR count). The molecule has 1 N–H and O–H groups in total. The lowest BCUT2D eigenvalue weighted by Crippen LogP contribution is -2.50. The van der Waals surface area contributed by atoms with Crippen LogP contribution in [-0.2, 0) is 4.74 Å². The molecule has 7 nitrogen and oxygen atoms in total. The van der Waals surface area contributed by atoms with Crippen molar-refractivity contribution in [3.63, 3.8) is 0 Å². The molecule has 0 aromatic carbocycles. The number of anilines is 1. The topological polar surface area (TPSA) is 80.2 Å². The number of nitrogens with zero attached hydrogens (tertiary/aromatic N) is 4. The van der Waals surface area contributed by atoms with Crippen LogP contribution in [0, 0.1) is 6.92 Å². The number of hydrogen-bond acceptors (Lipinski definition) is 6. The smallest absolute Gasteiger partial charge is 0.255 e. The summed E-state index contributed by atoms with van der Waals surface area (Å²) in [6.07, 6.45) is 6.09. The van der Waals surface area contributed by atoms with Gasteiger partial charge in [-0.3, -0.25) is 9.78 Å². The van der Waals surface area contributed by atoms with E-state index < -0.39 is 0 Å². The molecule has 136 valence electrons. The fourth-order valence-corrected chi connectivity index (χ4v) is 3.85. The van der Waals surface area contributed by atoms with Gasteiger partial charge in [0.15, 0.2) is 0 Å². The molecule has 0 bridgehead atoms. The second kappa shape index (κ2) is 6.99. The van der Waals surface area contributed by atoms with Crippen LogP contribution in [0.3, 0.4) is 0 Å². The number of rotatable bonds is 3. The Hall–Kier alpha value is -2.54. The molecule has 2 saturated heterocycles. The molecule has 1 amide bonds. The molecule has 2 atom stereocenters. The fraction of sp³-hybridized carbons (Fsp3) is 0.474. The third-order valence-corrected chi connectivity index (χ3v) is 5.09. The van der Waals surface area contributed by atoms with Crippen LogP contribution in [0.1, 0.15) is 35.3 Å². The van der Waals surface area contributed by atoms with Crippen molar-refractivity contribution in [3.05, 3.63) is 47.9 Å². The average Bonchev–Trinajstić information content (AvgIpc) is 3.05. The Morgan fingerprint density at radius 1 is 1.35 bits per heavy atom. The third-order valence-electron chi connectivity index (χ3n) is 5.09. The van der Waals surface area contributed by atoms with Crippen molar-refractivity contribution >= 4 is 11.7 Å². The van der Waals surface area contributed by atoms with Gasteiger partial charge in [0.25, 0.3) is 5.91 Å². The number of piperidine rings is 1. The minimum absolute atomic E-state index is 0.0292. The van der Waals surface area contributed by atoms with Crippen LogP contribution in [0.2, 0.25) is 0 Å². The first kappa shape index (κ1) is 16.9. The number of nitrogens with one attached hydrogen (secondary N) is 1. The van der Waals surface area contributed by atoms with Crippen LogP contribution in [0.25, 0.3) is 0 Å². The highest BCUT2D eigenvalue weighted by Gasteiger charge is 2.44. The Morgan fingerprint density at radius 3 is 3.04 bits per heavy atom. The molecular weight excluding hydrogens is 330 g/mol. The second-order valence-corrected chi connectivity index (χ2v) is 7.17. The van der Waals surface area contributed by atoms with E-state index in [1.54, 1.807) is 18.5 Å². The van der Waals surface area contributed by atoms with E-state index in [0.29, 0.717) is 18.7 Å². The average molecular weight is 353 g/mol. The highest BCUT2D eigenvalue weighted by atomic mass is 16.5. The summed E-state index contributed by atoms with van der Waals surface area (Å²) < 4.78 is 6.19. The summed E-state index contributed by atoms with van der Waals surface area (Å²) in [5, 5.41) is 11.7. The maximum atomic E-state index is 12.7. The Labute approximate surface area is 152 Å². The van der Waals surface area contributed by atoms with Gasteiger partial charge < -0.3 is 15.0 Å². The monoisotopic (exact) mass is 353 g/mol. The molecule has 0 radical (unpaired) electrons. The lowest BCUT2D eigenvalue weighted by atomic mass is 9.88. The molecule has 2 aromatic rings. The van der Waals surface area contributed by atoms with Gasteiger partial charge in [-0.2, -0.15) is 5.10 Å². The van der Waals surface area contributed by atoms with Gasteiger partial charge in [-0.05, 0) is 44.0 Å². The first-order valence-electron chi connectivity index (χ1n) is 9.04. The van der Waals surface area contributed by atoms with E-state index >= 15 is 0 Å². The largest absolute Gasteiger partial charge is 0.371 e. The predicted octanol–water partition coefficient (Wildman–Crippen LogP) is 2.06. The molecular formula is C19H23N5O2. The summed E-state index contributed by atoms with van der Waals surface area (Å²) >= 11 is 0. The molecule has 0 saturated carbocycles. The number of likely N-dealkylation sites (tertiary alicyclic amines) is 1. The third kappa shape index (κ3) is 3.53. The summed E-state index contributed by atoms with van der Waals surface area (Å²) in [5.74, 6) is 0.793. The molecule has 2 fully saturated rings. The summed E-state index contributed by atoms with van der Waals surface area (Å²) in [7, 11) is 0. The van der Waals surface area contributed by atoms with Crippen LogP contribution >= 0.6 is 0 Å². The van der Waals surface area contributed by atoms with Crippen LogP contribution < -0.4 is 5.32 Å². The maximum Gasteiger partial charge on any atom is 0.255 e. The zero-order chi connectivity index (χ0) is 18.0. The Bertz CT molecular complexity index is 767. The van der Waals surface area contributed by atoms with Crippen LogP contribution in [0.15, 0.2) is 36.7 Å². The zero-order valence-corrected chi connectivity index (χ0v) is 14.9. The first-order chi connectivity index (χ1) is 12.6. The number of pyridine rings is 1. The van der Waals surface area contributed by atoms with Gasteiger partial charge in [0.2, 0.25) is 0 Å². The molecule has 2 unspecified atom stereocenters. The van der Waals surface area contributed by atoms with Crippen LogP contribution in [-0.4, -0.2) is 57.3 Å². The van der Waals surface area contributed by atoms with E-state index in [0.717, 1.165) is 37.3 Å². The maximum absolute atomic E-state index is 12.7. The van der Waals surface area contributed by atoms with Crippen molar-refractivity contribution < 1.29 is 9.53 Å². The summed E-state index contributed by atoms with van der Waals surface area (Å²) in [4.78, 5) is 18.7. The lowest BCUT2D eigenvalue weighted by molar-refractivity contribution is -0.0447. The molecule has 2 aliphatic rings. The second-order valence-electron chi connectivity index (χ2n) is 7.17. The number of ether oxygens (including phenoxy) is 1. The van der Waals surface area contributed by atoms with Crippen LogP contribution in [0.5, 0.6) is 0 Å². The van der Waals surface area contributed by atoms with Gasteiger partial charge in [-0.15, -0.1) is 5.10 Å².